The van der Waals surface area contributed by atoms with Crippen LogP contribution < -0.4 is 20.3 Å². The molecule has 2 aromatic heterocycles. The first kappa shape index (κ1) is 21.7. The van der Waals surface area contributed by atoms with Crippen molar-refractivity contribution in [2.75, 3.05) is 29.2 Å². The predicted molar refractivity (Wildman–Crippen MR) is 117 cm³/mol. The van der Waals surface area contributed by atoms with E-state index in [1.807, 2.05) is 32.7 Å². The number of anilines is 3. The van der Waals surface area contributed by atoms with Crippen molar-refractivity contribution in [3.05, 3.63) is 29.5 Å². The zero-order chi connectivity index (χ0) is 23.0. The Labute approximate surface area is 186 Å². The number of carbonyl (C=O) groups is 1. The van der Waals surface area contributed by atoms with Gasteiger partial charge in [0.2, 0.25) is 11.9 Å². The molecule has 0 spiro atoms. The quantitative estimate of drug-likeness (QED) is 0.706. The van der Waals surface area contributed by atoms with Gasteiger partial charge in [0.15, 0.2) is 17.3 Å². The topological polar surface area (TPSA) is 116 Å². The molecule has 1 aliphatic heterocycles. The summed E-state index contributed by atoms with van der Waals surface area (Å²) < 4.78 is 19.3. The lowest BCUT2D eigenvalue weighted by atomic mass is 9.81. The van der Waals surface area contributed by atoms with Gasteiger partial charge in [-0.15, -0.1) is 0 Å². The first-order valence-corrected chi connectivity index (χ1v) is 10.6. The molecule has 10 heteroatoms. The summed E-state index contributed by atoms with van der Waals surface area (Å²) in [6.07, 6.45) is 3.10. The molecular formula is C22H26FN7O2. The summed E-state index contributed by atoms with van der Waals surface area (Å²) in [7, 11) is 1.88. The normalized spacial score (nSPS) is 22.0. The van der Waals surface area contributed by atoms with Crippen LogP contribution in [0.15, 0.2) is 12.3 Å². The van der Waals surface area contributed by atoms with E-state index in [9.17, 15) is 9.18 Å². The number of fused-ring (bicyclic) bond motifs is 1. The number of nitrogens with one attached hydrogen (secondary N) is 2. The van der Waals surface area contributed by atoms with Crippen molar-refractivity contribution in [3.8, 4) is 11.8 Å². The van der Waals surface area contributed by atoms with Gasteiger partial charge in [-0.1, -0.05) is 13.8 Å². The number of carbonyl (C=O) groups excluding carboxylic acids is 1. The number of amides is 1. The largest absolute Gasteiger partial charge is 0.492 e. The van der Waals surface area contributed by atoms with Gasteiger partial charge in [0.1, 0.15) is 23.5 Å². The average Bonchev–Trinajstić information content (AvgIpc) is 2.70. The van der Waals surface area contributed by atoms with Crippen molar-refractivity contribution in [1.82, 2.24) is 15.0 Å². The van der Waals surface area contributed by atoms with Crippen molar-refractivity contribution in [3.63, 3.8) is 0 Å². The van der Waals surface area contributed by atoms with Gasteiger partial charge in [0.05, 0.1) is 18.5 Å². The summed E-state index contributed by atoms with van der Waals surface area (Å²) >= 11 is 0. The molecule has 3 heterocycles. The van der Waals surface area contributed by atoms with Crippen LogP contribution in [0.1, 0.15) is 38.1 Å². The van der Waals surface area contributed by atoms with E-state index >= 15 is 0 Å². The average molecular weight is 439 g/mol. The Bertz CT molecular complexity index is 1080. The van der Waals surface area contributed by atoms with Crippen LogP contribution in [0.5, 0.6) is 5.75 Å². The zero-order valence-electron chi connectivity index (χ0n) is 18.5. The van der Waals surface area contributed by atoms with Crippen molar-refractivity contribution in [1.29, 1.82) is 5.26 Å². The van der Waals surface area contributed by atoms with Gasteiger partial charge >= 0.3 is 0 Å². The van der Waals surface area contributed by atoms with Crippen molar-refractivity contribution < 1.29 is 13.9 Å². The smallest absolute Gasteiger partial charge is 0.247 e. The van der Waals surface area contributed by atoms with Gasteiger partial charge in [-0.25, -0.2) is 14.4 Å². The third-order valence-electron chi connectivity index (χ3n) is 5.95. The number of halogens is 1. The van der Waals surface area contributed by atoms with Crippen LogP contribution in [0.25, 0.3) is 0 Å². The van der Waals surface area contributed by atoms with Crippen LogP contribution in [0, 0.1) is 35.9 Å². The summed E-state index contributed by atoms with van der Waals surface area (Å²) in [5.41, 5.74) is 1.13. The van der Waals surface area contributed by atoms with E-state index in [-0.39, 0.29) is 29.6 Å². The van der Waals surface area contributed by atoms with Crippen LogP contribution in [-0.4, -0.2) is 46.6 Å². The number of ether oxygens (including phenoxy) is 1. The van der Waals surface area contributed by atoms with Crippen molar-refractivity contribution >= 4 is 23.4 Å². The molecule has 2 N–H and O–H groups in total. The number of nitrogens with zero attached hydrogens (tertiary/aromatic N) is 5. The monoisotopic (exact) mass is 439 g/mol. The van der Waals surface area contributed by atoms with Crippen molar-refractivity contribution in [2.45, 2.75) is 45.7 Å². The SMILES string of the molecule is Cc1nc(N[C@H]2C[C@@H](COc3cnc(C#N)c(F)c3)C2)nc2c1NC(=O)[C@H](C(C)C)N2C. The van der Waals surface area contributed by atoms with E-state index in [0.717, 1.165) is 18.5 Å². The maximum Gasteiger partial charge on any atom is 0.247 e. The van der Waals surface area contributed by atoms with E-state index in [0.29, 0.717) is 35.7 Å². The molecule has 168 valence electrons. The first-order chi connectivity index (χ1) is 15.3. The van der Waals surface area contributed by atoms with E-state index in [2.05, 4.69) is 25.6 Å². The fourth-order valence-electron chi connectivity index (χ4n) is 4.25. The molecule has 0 unspecified atom stereocenters. The highest BCUT2D eigenvalue weighted by molar-refractivity contribution is 6.03. The Morgan fingerprint density at radius 3 is 2.81 bits per heavy atom. The second kappa shape index (κ2) is 8.57. The van der Waals surface area contributed by atoms with Crippen LogP contribution in [0.3, 0.4) is 0 Å². The van der Waals surface area contributed by atoms with E-state index in [1.165, 1.54) is 12.3 Å². The molecule has 1 atom stereocenters. The van der Waals surface area contributed by atoms with E-state index in [1.54, 1.807) is 6.07 Å². The van der Waals surface area contributed by atoms with E-state index in [4.69, 9.17) is 10.00 Å². The van der Waals surface area contributed by atoms with Gasteiger partial charge in [-0.05, 0) is 31.6 Å². The molecule has 1 saturated carbocycles. The Balaban J connectivity index is 1.35. The number of rotatable bonds is 6. The number of pyridine rings is 1. The molecule has 1 aliphatic carbocycles. The van der Waals surface area contributed by atoms with Gasteiger partial charge in [-0.2, -0.15) is 10.2 Å². The summed E-state index contributed by atoms with van der Waals surface area (Å²) in [5.74, 6) is 1.31. The molecule has 1 amide bonds. The maximum atomic E-state index is 13.6. The standard InChI is InChI=1S/C22H26FN7O2/c1-11(2)19-21(31)28-18-12(3)26-22(29-20(18)30(19)4)27-14-5-13(6-14)10-32-15-7-16(23)17(8-24)25-9-15/h7,9,11,13-14,19H,5-6,10H2,1-4H3,(H,28,31)(H,26,27,29)/t13-,14+,19-/m0/s1. The molecule has 2 aromatic rings. The number of hydrogen-bond donors (Lipinski definition) is 2. The Morgan fingerprint density at radius 2 is 2.16 bits per heavy atom. The van der Waals surface area contributed by atoms with Gasteiger partial charge in [-0.3, -0.25) is 4.79 Å². The molecule has 0 saturated heterocycles. The molecule has 2 aliphatic rings. The highest BCUT2D eigenvalue weighted by atomic mass is 19.1. The summed E-state index contributed by atoms with van der Waals surface area (Å²) in [4.78, 5) is 27.3. The lowest BCUT2D eigenvalue weighted by molar-refractivity contribution is -0.118. The highest BCUT2D eigenvalue weighted by Gasteiger charge is 2.36. The van der Waals surface area contributed by atoms with Crippen molar-refractivity contribution in [2.24, 2.45) is 11.8 Å². The zero-order valence-corrected chi connectivity index (χ0v) is 18.5. The fourth-order valence-corrected chi connectivity index (χ4v) is 4.25. The molecule has 0 radical (unpaired) electrons. The first-order valence-electron chi connectivity index (χ1n) is 10.6. The van der Waals surface area contributed by atoms with Gasteiger partial charge < -0.3 is 20.3 Å². The number of aryl methyl sites for hydroxylation is 1. The van der Waals surface area contributed by atoms with Gasteiger partial charge in [0.25, 0.3) is 0 Å². The molecule has 4 rings (SSSR count). The highest BCUT2D eigenvalue weighted by Crippen LogP contribution is 2.35. The number of nitriles is 1. The third kappa shape index (κ3) is 4.15. The second-order valence-electron chi connectivity index (χ2n) is 8.72. The fraction of sp³-hybridized carbons (Fsp3) is 0.500. The predicted octanol–water partition coefficient (Wildman–Crippen LogP) is 2.87. The third-order valence-corrected chi connectivity index (χ3v) is 5.95. The lowest BCUT2D eigenvalue weighted by Gasteiger charge is -2.38. The number of likely N-dealkylation sites (N-methyl/N-ethyl adjacent to an activating group) is 1. The van der Waals surface area contributed by atoms with Crippen LogP contribution >= 0.6 is 0 Å². The molecular weight excluding hydrogens is 413 g/mol. The van der Waals surface area contributed by atoms with Crippen LogP contribution in [0.2, 0.25) is 0 Å². The molecule has 0 aromatic carbocycles. The maximum absolute atomic E-state index is 13.6. The number of aromatic nitrogens is 3. The number of hydrogen-bond acceptors (Lipinski definition) is 8. The lowest BCUT2D eigenvalue weighted by Crippen LogP contribution is -2.50. The minimum Gasteiger partial charge on any atom is -0.492 e. The molecule has 9 nitrogen and oxygen atoms in total. The molecule has 0 bridgehead atoms. The molecule has 32 heavy (non-hydrogen) atoms. The Kier molecular flexibility index (Phi) is 5.82. The second-order valence-corrected chi connectivity index (χ2v) is 8.72. The summed E-state index contributed by atoms with van der Waals surface area (Å²) in [5, 5.41) is 15.1. The van der Waals surface area contributed by atoms with Gasteiger partial charge in [0, 0.05) is 19.2 Å². The minimum absolute atomic E-state index is 0.0402. The van der Waals surface area contributed by atoms with Crippen LogP contribution in [0.4, 0.5) is 21.8 Å². The summed E-state index contributed by atoms with van der Waals surface area (Å²) in [6.45, 7) is 6.33. The van der Waals surface area contributed by atoms with E-state index < -0.39 is 5.82 Å². The minimum atomic E-state index is -0.682. The summed E-state index contributed by atoms with van der Waals surface area (Å²) in [6, 6.07) is 2.80. The Morgan fingerprint density at radius 1 is 1.41 bits per heavy atom. The molecule has 1 fully saturated rings. The Hall–Kier alpha value is -3.48. The van der Waals surface area contributed by atoms with Crippen LogP contribution in [-0.2, 0) is 4.79 Å².